The zero-order valence-corrected chi connectivity index (χ0v) is 8.66. The second-order valence-corrected chi connectivity index (χ2v) is 3.47. The zero-order chi connectivity index (χ0) is 10.2. The highest BCUT2D eigenvalue weighted by Crippen LogP contribution is 2.20. The van der Waals surface area contributed by atoms with Gasteiger partial charge in [0.25, 0.3) is 0 Å². The number of carbonyl (C=O) groups is 1. The summed E-state index contributed by atoms with van der Waals surface area (Å²) < 4.78 is 14.7. The van der Waals surface area contributed by atoms with Gasteiger partial charge in [-0.15, -0.1) is 0 Å². The number of hydrogen-bond acceptors (Lipinski definition) is 4. The first kappa shape index (κ1) is 11.3. The fourth-order valence-electron chi connectivity index (χ4n) is 1.56. The van der Waals surface area contributed by atoms with Gasteiger partial charge in [0.15, 0.2) is 0 Å². The van der Waals surface area contributed by atoms with Gasteiger partial charge in [0, 0.05) is 7.11 Å². The highest BCUT2D eigenvalue weighted by Gasteiger charge is 2.18. The molecule has 0 radical (unpaired) electrons. The highest BCUT2D eigenvalue weighted by atomic mass is 16.7. The third-order valence-electron chi connectivity index (χ3n) is 2.32. The predicted octanol–water partition coefficient (Wildman–Crippen LogP) is 2.12. The third kappa shape index (κ3) is 4.46. The molecule has 0 aromatic heterocycles. The fraction of sp³-hybridized carbons (Fsp3) is 0.900. The number of carbonyl (C=O) groups excluding carboxylic acids is 1. The minimum atomic E-state index is -0.561. The lowest BCUT2D eigenvalue weighted by atomic mass is 9.98. The van der Waals surface area contributed by atoms with Gasteiger partial charge < -0.3 is 14.2 Å². The van der Waals surface area contributed by atoms with E-state index in [-0.39, 0.29) is 12.7 Å². The van der Waals surface area contributed by atoms with Crippen molar-refractivity contribution in [3.05, 3.63) is 0 Å². The van der Waals surface area contributed by atoms with Crippen LogP contribution in [0.2, 0.25) is 0 Å². The zero-order valence-electron chi connectivity index (χ0n) is 8.66. The lowest BCUT2D eigenvalue weighted by molar-refractivity contribution is 0.00114. The summed E-state index contributed by atoms with van der Waals surface area (Å²) in [6, 6.07) is 0. The van der Waals surface area contributed by atoms with Crippen LogP contribution in [0, 0.1) is 0 Å². The molecule has 1 fully saturated rings. The molecule has 0 spiro atoms. The number of hydrogen-bond donors (Lipinski definition) is 0. The summed E-state index contributed by atoms with van der Waals surface area (Å²) in [5.41, 5.74) is 0. The van der Waals surface area contributed by atoms with Gasteiger partial charge in [0.2, 0.25) is 0 Å². The minimum Gasteiger partial charge on any atom is -0.432 e. The van der Waals surface area contributed by atoms with E-state index in [1.165, 1.54) is 6.42 Å². The van der Waals surface area contributed by atoms with E-state index in [0.29, 0.717) is 6.61 Å². The monoisotopic (exact) mass is 202 g/mol. The first-order valence-electron chi connectivity index (χ1n) is 5.15. The van der Waals surface area contributed by atoms with E-state index in [4.69, 9.17) is 14.2 Å². The van der Waals surface area contributed by atoms with Crippen molar-refractivity contribution in [1.29, 1.82) is 0 Å². The Hall–Kier alpha value is -0.770. The molecule has 4 heteroatoms. The summed E-state index contributed by atoms with van der Waals surface area (Å²) in [7, 11) is 1.57. The molecule has 0 aromatic rings. The number of rotatable bonds is 4. The molecule has 0 amide bonds. The maximum Gasteiger partial charge on any atom is 0.508 e. The van der Waals surface area contributed by atoms with Crippen molar-refractivity contribution in [2.45, 2.75) is 38.2 Å². The topological polar surface area (TPSA) is 44.8 Å². The normalized spacial score (nSPS) is 17.8. The van der Waals surface area contributed by atoms with Crippen molar-refractivity contribution in [1.82, 2.24) is 0 Å². The van der Waals surface area contributed by atoms with Crippen LogP contribution in [0.25, 0.3) is 0 Å². The lowest BCUT2D eigenvalue weighted by Gasteiger charge is -2.21. The Kier molecular flexibility index (Phi) is 5.37. The quantitative estimate of drug-likeness (QED) is 0.517. The van der Waals surface area contributed by atoms with Crippen LogP contribution in [-0.2, 0) is 14.2 Å². The molecule has 1 aliphatic carbocycles. The summed E-state index contributed by atoms with van der Waals surface area (Å²) in [5, 5.41) is 0. The van der Waals surface area contributed by atoms with Crippen molar-refractivity contribution < 1.29 is 19.0 Å². The number of methoxy groups -OCH3 is 1. The van der Waals surface area contributed by atoms with E-state index in [0.717, 1.165) is 25.7 Å². The molecule has 1 rings (SSSR count). The molecule has 0 bridgehead atoms. The van der Waals surface area contributed by atoms with Crippen LogP contribution >= 0.6 is 0 Å². The molecular weight excluding hydrogens is 184 g/mol. The molecule has 14 heavy (non-hydrogen) atoms. The van der Waals surface area contributed by atoms with Crippen LogP contribution < -0.4 is 0 Å². The van der Waals surface area contributed by atoms with E-state index in [2.05, 4.69) is 0 Å². The van der Waals surface area contributed by atoms with Gasteiger partial charge in [-0.3, -0.25) is 0 Å². The van der Waals surface area contributed by atoms with Gasteiger partial charge in [0.05, 0.1) is 6.61 Å². The van der Waals surface area contributed by atoms with Gasteiger partial charge in [-0.2, -0.15) is 0 Å². The Labute approximate surface area is 84.5 Å². The van der Waals surface area contributed by atoms with E-state index in [1.54, 1.807) is 7.11 Å². The highest BCUT2D eigenvalue weighted by molar-refractivity contribution is 5.60. The summed E-state index contributed by atoms with van der Waals surface area (Å²) in [4.78, 5) is 11.1. The molecule has 1 aliphatic rings. The maximum absolute atomic E-state index is 11.1. The maximum atomic E-state index is 11.1. The first-order valence-corrected chi connectivity index (χ1v) is 5.15. The van der Waals surface area contributed by atoms with Gasteiger partial charge in [-0.25, -0.2) is 4.79 Å². The van der Waals surface area contributed by atoms with Crippen molar-refractivity contribution in [2.24, 2.45) is 0 Å². The Morgan fingerprint density at radius 3 is 2.57 bits per heavy atom. The van der Waals surface area contributed by atoms with Crippen molar-refractivity contribution in [3.8, 4) is 0 Å². The molecule has 0 aliphatic heterocycles. The Morgan fingerprint density at radius 2 is 1.93 bits per heavy atom. The van der Waals surface area contributed by atoms with Crippen LogP contribution in [0.4, 0.5) is 4.79 Å². The largest absolute Gasteiger partial charge is 0.508 e. The number of ether oxygens (including phenoxy) is 3. The van der Waals surface area contributed by atoms with Gasteiger partial charge in [-0.1, -0.05) is 6.42 Å². The fourth-order valence-corrected chi connectivity index (χ4v) is 1.56. The summed E-state index contributed by atoms with van der Waals surface area (Å²) >= 11 is 0. The van der Waals surface area contributed by atoms with Gasteiger partial charge in [0.1, 0.15) is 12.7 Å². The molecule has 4 nitrogen and oxygen atoms in total. The average Bonchev–Trinajstić information content (AvgIpc) is 2.20. The standard InChI is InChI=1S/C10H18O4/c1-12-7-8-13-10(11)14-9-5-3-2-4-6-9/h9H,2-8H2,1H3. The molecular formula is C10H18O4. The Balaban J connectivity index is 2.06. The molecule has 0 aromatic carbocycles. The molecule has 0 heterocycles. The second-order valence-electron chi connectivity index (χ2n) is 3.47. The van der Waals surface area contributed by atoms with Crippen molar-refractivity contribution >= 4 is 6.16 Å². The first-order chi connectivity index (χ1) is 6.83. The molecule has 82 valence electrons. The molecule has 1 saturated carbocycles. The summed E-state index contributed by atoms with van der Waals surface area (Å²) in [6.07, 6.45) is 5.00. The Bertz CT molecular complexity index is 164. The van der Waals surface area contributed by atoms with Crippen LogP contribution in [0.3, 0.4) is 0 Å². The summed E-state index contributed by atoms with van der Waals surface area (Å²) in [6.45, 7) is 0.682. The van der Waals surface area contributed by atoms with Crippen molar-refractivity contribution in [3.63, 3.8) is 0 Å². The van der Waals surface area contributed by atoms with E-state index < -0.39 is 6.16 Å². The molecule has 0 unspecified atom stereocenters. The predicted molar refractivity (Wildman–Crippen MR) is 51.2 cm³/mol. The van der Waals surface area contributed by atoms with E-state index in [9.17, 15) is 4.79 Å². The average molecular weight is 202 g/mol. The van der Waals surface area contributed by atoms with Crippen LogP contribution in [0.15, 0.2) is 0 Å². The third-order valence-corrected chi connectivity index (χ3v) is 2.32. The Morgan fingerprint density at radius 1 is 1.21 bits per heavy atom. The van der Waals surface area contributed by atoms with Crippen molar-refractivity contribution in [2.75, 3.05) is 20.3 Å². The SMILES string of the molecule is COCCOC(=O)OC1CCCCC1. The summed E-state index contributed by atoms with van der Waals surface area (Å²) in [5.74, 6) is 0. The van der Waals surface area contributed by atoms with Gasteiger partial charge >= 0.3 is 6.16 Å². The molecule has 0 atom stereocenters. The smallest absolute Gasteiger partial charge is 0.432 e. The lowest BCUT2D eigenvalue weighted by Crippen LogP contribution is -2.22. The van der Waals surface area contributed by atoms with Crippen LogP contribution in [0.1, 0.15) is 32.1 Å². The molecule has 0 saturated heterocycles. The second kappa shape index (κ2) is 6.65. The van der Waals surface area contributed by atoms with E-state index >= 15 is 0 Å². The molecule has 0 N–H and O–H groups in total. The van der Waals surface area contributed by atoms with Gasteiger partial charge in [-0.05, 0) is 25.7 Å². The van der Waals surface area contributed by atoms with E-state index in [1.807, 2.05) is 0 Å². The van der Waals surface area contributed by atoms with Crippen LogP contribution in [-0.4, -0.2) is 32.6 Å². The minimum absolute atomic E-state index is 0.0683. The van der Waals surface area contributed by atoms with Crippen LogP contribution in [0.5, 0.6) is 0 Å².